The summed E-state index contributed by atoms with van der Waals surface area (Å²) in [6, 6.07) is 7.68. The molecule has 7 nitrogen and oxygen atoms in total. The van der Waals surface area contributed by atoms with Crippen molar-refractivity contribution < 1.29 is 19.1 Å². The van der Waals surface area contributed by atoms with Gasteiger partial charge in [0, 0.05) is 18.8 Å². The lowest BCUT2D eigenvalue weighted by Gasteiger charge is -2.30. The molecule has 0 atom stereocenters. The molecule has 3 rings (SSSR count). The van der Waals surface area contributed by atoms with Gasteiger partial charge in [0.05, 0.1) is 37.3 Å². The Morgan fingerprint density at radius 3 is 2.58 bits per heavy atom. The van der Waals surface area contributed by atoms with Crippen LogP contribution >= 0.6 is 0 Å². The number of ether oxygens (including phenoxy) is 2. The summed E-state index contributed by atoms with van der Waals surface area (Å²) in [6.45, 7) is 6.37. The number of anilines is 2. The van der Waals surface area contributed by atoms with E-state index in [0.29, 0.717) is 35.7 Å². The number of hydrogen-bond donors (Lipinski definition) is 2. The molecule has 1 aromatic carbocycles. The smallest absolute Gasteiger partial charge is 0.339 e. The number of carbonyl (C=O) groups is 2. The summed E-state index contributed by atoms with van der Waals surface area (Å²) in [5, 5.41) is 2.96. The van der Waals surface area contributed by atoms with Gasteiger partial charge in [-0.3, -0.25) is 4.79 Å². The first kappa shape index (κ1) is 18.0. The number of benzene rings is 1. The van der Waals surface area contributed by atoms with Crippen LogP contribution in [0, 0.1) is 13.8 Å². The van der Waals surface area contributed by atoms with Gasteiger partial charge in [-0.15, -0.1) is 0 Å². The fourth-order valence-electron chi connectivity index (χ4n) is 3.23. The van der Waals surface area contributed by atoms with Crippen LogP contribution in [-0.4, -0.2) is 50.3 Å². The van der Waals surface area contributed by atoms with E-state index in [2.05, 4.69) is 15.2 Å². The number of esters is 1. The van der Waals surface area contributed by atoms with Crippen molar-refractivity contribution in [3.05, 3.63) is 46.8 Å². The number of nitrogens with zero attached hydrogens (tertiary/aromatic N) is 1. The second-order valence-electron chi connectivity index (χ2n) is 6.19. The number of rotatable bonds is 4. The lowest BCUT2D eigenvalue weighted by atomic mass is 10.1. The van der Waals surface area contributed by atoms with Crippen molar-refractivity contribution >= 4 is 23.3 Å². The standard InChI is InChI=1S/C19H23N3O4/c1-12-16(19(24)25-3)13(2)20-17(12)18(23)21-14-6-4-5-7-15(14)22-8-10-26-11-9-22/h4-7,20H,8-11H2,1-3H3,(H,21,23). The maximum absolute atomic E-state index is 12.8. The van der Waals surface area contributed by atoms with Crippen molar-refractivity contribution in [2.24, 2.45) is 0 Å². The van der Waals surface area contributed by atoms with E-state index in [0.717, 1.165) is 24.5 Å². The Labute approximate surface area is 152 Å². The Morgan fingerprint density at radius 2 is 1.88 bits per heavy atom. The predicted octanol–water partition coefficient (Wildman–Crippen LogP) is 2.51. The molecule has 1 saturated heterocycles. The molecule has 1 fully saturated rings. The molecular weight excluding hydrogens is 334 g/mol. The quantitative estimate of drug-likeness (QED) is 0.822. The van der Waals surface area contributed by atoms with Crippen LogP contribution in [0.3, 0.4) is 0 Å². The highest BCUT2D eigenvalue weighted by atomic mass is 16.5. The lowest BCUT2D eigenvalue weighted by molar-refractivity contribution is 0.0599. The number of hydrogen-bond acceptors (Lipinski definition) is 5. The lowest BCUT2D eigenvalue weighted by Crippen LogP contribution is -2.36. The molecule has 0 bridgehead atoms. The molecule has 26 heavy (non-hydrogen) atoms. The minimum Gasteiger partial charge on any atom is -0.465 e. The molecule has 0 aliphatic carbocycles. The number of nitrogens with one attached hydrogen (secondary N) is 2. The summed E-state index contributed by atoms with van der Waals surface area (Å²) >= 11 is 0. The first-order valence-corrected chi connectivity index (χ1v) is 8.53. The van der Waals surface area contributed by atoms with E-state index in [1.807, 2.05) is 24.3 Å². The van der Waals surface area contributed by atoms with Gasteiger partial charge in [0.2, 0.25) is 0 Å². The van der Waals surface area contributed by atoms with Crippen molar-refractivity contribution in [3.63, 3.8) is 0 Å². The molecule has 1 aromatic heterocycles. The number of methoxy groups -OCH3 is 1. The van der Waals surface area contributed by atoms with Gasteiger partial charge < -0.3 is 24.7 Å². The molecule has 0 spiro atoms. The molecule has 2 N–H and O–H groups in total. The molecule has 2 heterocycles. The average molecular weight is 357 g/mol. The summed E-state index contributed by atoms with van der Waals surface area (Å²) in [5.74, 6) is -0.745. The normalized spacial score (nSPS) is 14.2. The Kier molecular flexibility index (Phi) is 5.27. The predicted molar refractivity (Wildman–Crippen MR) is 99.0 cm³/mol. The van der Waals surface area contributed by atoms with Crippen molar-refractivity contribution in [1.82, 2.24) is 4.98 Å². The molecule has 2 aromatic rings. The first-order valence-electron chi connectivity index (χ1n) is 8.53. The number of H-pyrrole nitrogens is 1. The molecule has 1 amide bonds. The summed E-state index contributed by atoms with van der Waals surface area (Å²) in [5.41, 5.74) is 3.64. The van der Waals surface area contributed by atoms with Gasteiger partial charge in [-0.2, -0.15) is 0 Å². The number of para-hydroxylation sites is 2. The highest BCUT2D eigenvalue weighted by Crippen LogP contribution is 2.27. The number of morpholine rings is 1. The van der Waals surface area contributed by atoms with Crippen LogP contribution in [0.25, 0.3) is 0 Å². The van der Waals surface area contributed by atoms with Crippen molar-refractivity contribution in [2.45, 2.75) is 13.8 Å². The Balaban J connectivity index is 1.86. The summed E-state index contributed by atoms with van der Waals surface area (Å²) in [6.07, 6.45) is 0. The van der Waals surface area contributed by atoms with Crippen LogP contribution in [0.5, 0.6) is 0 Å². The van der Waals surface area contributed by atoms with Crippen molar-refractivity contribution in [3.8, 4) is 0 Å². The zero-order valence-electron chi connectivity index (χ0n) is 15.2. The monoisotopic (exact) mass is 357 g/mol. The highest BCUT2D eigenvalue weighted by molar-refractivity contribution is 6.08. The maximum Gasteiger partial charge on any atom is 0.339 e. The highest BCUT2D eigenvalue weighted by Gasteiger charge is 2.23. The topological polar surface area (TPSA) is 83.7 Å². The third-order valence-electron chi connectivity index (χ3n) is 4.56. The van der Waals surface area contributed by atoms with Gasteiger partial charge in [0.1, 0.15) is 5.69 Å². The molecule has 0 saturated carbocycles. The SMILES string of the molecule is COC(=O)c1c(C)[nH]c(C(=O)Nc2ccccc2N2CCOCC2)c1C. The minimum absolute atomic E-state index is 0.290. The van der Waals surface area contributed by atoms with Crippen LogP contribution in [0.4, 0.5) is 11.4 Å². The Hall–Kier alpha value is -2.80. The van der Waals surface area contributed by atoms with E-state index >= 15 is 0 Å². The third kappa shape index (κ3) is 3.43. The van der Waals surface area contributed by atoms with E-state index < -0.39 is 5.97 Å². The molecule has 1 aliphatic rings. The number of aromatic amines is 1. The van der Waals surface area contributed by atoms with Crippen molar-refractivity contribution in [1.29, 1.82) is 0 Å². The molecule has 138 valence electrons. The molecule has 7 heteroatoms. The Bertz CT molecular complexity index is 822. The van der Waals surface area contributed by atoms with Crippen LogP contribution in [0.1, 0.15) is 32.1 Å². The molecular formula is C19H23N3O4. The molecule has 0 unspecified atom stereocenters. The van der Waals surface area contributed by atoms with Crippen molar-refractivity contribution in [2.75, 3.05) is 43.6 Å². The number of aromatic nitrogens is 1. The van der Waals surface area contributed by atoms with Gasteiger partial charge in [0.15, 0.2) is 0 Å². The third-order valence-corrected chi connectivity index (χ3v) is 4.56. The van der Waals surface area contributed by atoms with Gasteiger partial charge in [0.25, 0.3) is 5.91 Å². The van der Waals surface area contributed by atoms with E-state index in [1.54, 1.807) is 13.8 Å². The zero-order chi connectivity index (χ0) is 18.7. The number of carbonyl (C=O) groups excluding carboxylic acids is 2. The van der Waals surface area contributed by atoms with Gasteiger partial charge >= 0.3 is 5.97 Å². The summed E-state index contributed by atoms with van der Waals surface area (Å²) < 4.78 is 10.2. The van der Waals surface area contributed by atoms with E-state index in [4.69, 9.17) is 9.47 Å². The van der Waals surface area contributed by atoms with E-state index in [9.17, 15) is 9.59 Å². The molecule has 0 radical (unpaired) electrons. The minimum atomic E-state index is -0.455. The molecule has 1 aliphatic heterocycles. The summed E-state index contributed by atoms with van der Waals surface area (Å²) in [7, 11) is 1.33. The number of amides is 1. The van der Waals surface area contributed by atoms with Gasteiger partial charge in [-0.25, -0.2) is 4.79 Å². The summed E-state index contributed by atoms with van der Waals surface area (Å²) in [4.78, 5) is 29.9. The van der Waals surface area contributed by atoms with Gasteiger partial charge in [-0.05, 0) is 31.5 Å². The fraction of sp³-hybridized carbons (Fsp3) is 0.368. The second kappa shape index (κ2) is 7.61. The van der Waals surface area contributed by atoms with Crippen LogP contribution in [0.2, 0.25) is 0 Å². The van der Waals surface area contributed by atoms with Gasteiger partial charge in [-0.1, -0.05) is 12.1 Å². The average Bonchev–Trinajstić information content (AvgIpc) is 2.96. The maximum atomic E-state index is 12.8. The largest absolute Gasteiger partial charge is 0.465 e. The van der Waals surface area contributed by atoms with Crippen LogP contribution < -0.4 is 10.2 Å². The number of aryl methyl sites for hydroxylation is 1. The fourth-order valence-corrected chi connectivity index (χ4v) is 3.23. The van der Waals surface area contributed by atoms with Crippen LogP contribution in [-0.2, 0) is 9.47 Å². The second-order valence-corrected chi connectivity index (χ2v) is 6.19. The Morgan fingerprint density at radius 1 is 1.19 bits per heavy atom. The zero-order valence-corrected chi connectivity index (χ0v) is 15.2. The van der Waals surface area contributed by atoms with E-state index in [-0.39, 0.29) is 5.91 Å². The van der Waals surface area contributed by atoms with E-state index in [1.165, 1.54) is 7.11 Å². The first-order chi connectivity index (χ1) is 12.5. The van der Waals surface area contributed by atoms with Crippen LogP contribution in [0.15, 0.2) is 24.3 Å².